The fraction of sp³-hybridized carbons (Fsp3) is 0.389. The van der Waals surface area contributed by atoms with Crippen molar-refractivity contribution in [2.45, 2.75) is 26.3 Å². The maximum Gasteiger partial charge on any atom is 0.337 e. The largest absolute Gasteiger partial charge is 0.478 e. The first-order chi connectivity index (χ1) is 11.5. The van der Waals surface area contributed by atoms with Gasteiger partial charge in [-0.3, -0.25) is 14.7 Å². The Morgan fingerprint density at radius 1 is 1.33 bits per heavy atom. The lowest BCUT2D eigenvalue weighted by molar-refractivity contribution is 0.0696. The topological polar surface area (TPSA) is 70.5 Å². The second-order valence-electron chi connectivity index (χ2n) is 6.36. The first-order valence-electron chi connectivity index (χ1n) is 7.99. The summed E-state index contributed by atoms with van der Waals surface area (Å²) >= 11 is 1.51. The molecule has 0 radical (unpaired) electrons. The molecule has 1 unspecified atom stereocenters. The molecular formula is C18H20N2O3S. The van der Waals surface area contributed by atoms with Crippen LogP contribution in [0, 0.1) is 5.92 Å². The minimum absolute atomic E-state index is 0.122. The maximum atomic E-state index is 11.4. The molecular weight excluding hydrogens is 324 g/mol. The van der Waals surface area contributed by atoms with Gasteiger partial charge in [0.2, 0.25) is 0 Å². The van der Waals surface area contributed by atoms with Crippen LogP contribution in [0.1, 0.15) is 44.5 Å². The number of carbonyl (C=O) groups is 2. The number of carbonyl (C=O) groups excluding carboxylic acids is 1. The molecule has 1 saturated heterocycles. The lowest BCUT2D eigenvalue weighted by atomic mass is 9.99. The molecule has 0 aromatic carbocycles. The number of carboxylic acids is 1. The molecule has 0 aliphatic carbocycles. The quantitative estimate of drug-likeness (QED) is 0.815. The van der Waals surface area contributed by atoms with Gasteiger partial charge in [-0.2, -0.15) is 0 Å². The molecule has 0 bridgehead atoms. The molecule has 2 aromatic heterocycles. The van der Waals surface area contributed by atoms with Gasteiger partial charge in [0.25, 0.3) is 0 Å². The highest BCUT2D eigenvalue weighted by atomic mass is 32.1. The first-order valence-corrected chi connectivity index (χ1v) is 8.87. The fourth-order valence-electron chi connectivity index (χ4n) is 3.17. The number of aromatic carboxylic acids is 1. The van der Waals surface area contributed by atoms with Crippen LogP contribution in [0.4, 0.5) is 0 Å². The molecule has 0 amide bonds. The van der Waals surface area contributed by atoms with Gasteiger partial charge in [-0.25, -0.2) is 4.79 Å². The van der Waals surface area contributed by atoms with E-state index >= 15 is 0 Å². The van der Waals surface area contributed by atoms with Gasteiger partial charge in [0, 0.05) is 25.5 Å². The summed E-state index contributed by atoms with van der Waals surface area (Å²) in [4.78, 5) is 29.6. The van der Waals surface area contributed by atoms with Gasteiger partial charge < -0.3 is 5.11 Å². The third-order valence-electron chi connectivity index (χ3n) is 4.34. The number of hydrogen-bond acceptors (Lipinski definition) is 5. The van der Waals surface area contributed by atoms with Crippen molar-refractivity contribution in [2.75, 3.05) is 13.1 Å². The Kier molecular flexibility index (Phi) is 5.06. The highest BCUT2D eigenvalue weighted by Crippen LogP contribution is 2.24. The lowest BCUT2D eigenvalue weighted by Gasteiger charge is -2.15. The third kappa shape index (κ3) is 4.07. The third-order valence-corrected chi connectivity index (χ3v) is 5.42. The Hall–Kier alpha value is -2.05. The number of likely N-dealkylation sites (tertiary alicyclic amines) is 1. The van der Waals surface area contributed by atoms with Crippen LogP contribution in [0.2, 0.25) is 0 Å². The summed E-state index contributed by atoms with van der Waals surface area (Å²) in [6.07, 6.45) is 5.09. The molecule has 1 aliphatic rings. The van der Waals surface area contributed by atoms with E-state index in [0.717, 1.165) is 42.9 Å². The number of nitrogens with zero attached hydrogens (tertiary/aromatic N) is 2. The smallest absolute Gasteiger partial charge is 0.337 e. The van der Waals surface area contributed by atoms with Gasteiger partial charge in [-0.1, -0.05) is 0 Å². The van der Waals surface area contributed by atoms with Crippen LogP contribution in [0.25, 0.3) is 0 Å². The minimum atomic E-state index is -0.934. The zero-order chi connectivity index (χ0) is 17.1. The predicted octanol–water partition coefficient (Wildman–Crippen LogP) is 3.11. The molecule has 0 saturated carbocycles. The summed E-state index contributed by atoms with van der Waals surface area (Å²) in [6.45, 7) is 4.49. The number of aromatic nitrogens is 1. The van der Waals surface area contributed by atoms with Crippen LogP contribution in [-0.4, -0.2) is 39.8 Å². The zero-order valence-electron chi connectivity index (χ0n) is 13.6. The van der Waals surface area contributed by atoms with Crippen LogP contribution in [0.15, 0.2) is 29.9 Å². The molecule has 0 spiro atoms. The predicted molar refractivity (Wildman–Crippen MR) is 92.6 cm³/mol. The van der Waals surface area contributed by atoms with E-state index in [9.17, 15) is 9.59 Å². The molecule has 5 nitrogen and oxygen atoms in total. The van der Waals surface area contributed by atoms with E-state index in [0.29, 0.717) is 5.92 Å². The van der Waals surface area contributed by atoms with E-state index < -0.39 is 5.97 Å². The summed E-state index contributed by atoms with van der Waals surface area (Å²) < 4.78 is 0. The van der Waals surface area contributed by atoms with E-state index in [4.69, 9.17) is 5.11 Å². The van der Waals surface area contributed by atoms with Crippen molar-refractivity contribution in [1.29, 1.82) is 0 Å². The van der Waals surface area contributed by atoms with Crippen molar-refractivity contribution in [3.05, 3.63) is 51.5 Å². The van der Waals surface area contributed by atoms with E-state index in [1.165, 1.54) is 23.1 Å². The number of pyridine rings is 1. The molecule has 1 aliphatic heterocycles. The second kappa shape index (κ2) is 7.23. The Morgan fingerprint density at radius 2 is 2.17 bits per heavy atom. The fourth-order valence-corrected chi connectivity index (χ4v) is 3.98. The second-order valence-corrected chi connectivity index (χ2v) is 7.27. The van der Waals surface area contributed by atoms with Crippen molar-refractivity contribution in [3.63, 3.8) is 0 Å². The minimum Gasteiger partial charge on any atom is -0.478 e. The van der Waals surface area contributed by atoms with E-state index in [1.54, 1.807) is 19.2 Å². The summed E-state index contributed by atoms with van der Waals surface area (Å²) in [5.74, 6) is -0.297. The van der Waals surface area contributed by atoms with Gasteiger partial charge in [0.05, 0.1) is 10.4 Å². The van der Waals surface area contributed by atoms with Crippen molar-refractivity contribution in [2.24, 2.45) is 5.92 Å². The normalized spacial score (nSPS) is 18.0. The highest BCUT2D eigenvalue weighted by Gasteiger charge is 2.23. The van der Waals surface area contributed by atoms with Gasteiger partial charge in [-0.05, 0) is 60.9 Å². The molecule has 3 rings (SSSR count). The molecule has 126 valence electrons. The molecule has 1 atom stereocenters. The van der Waals surface area contributed by atoms with Gasteiger partial charge in [0.15, 0.2) is 5.78 Å². The number of rotatable bonds is 6. The SMILES string of the molecule is CC(=O)c1cc(CN2CCC(Cc3cncc(C(=O)O)c3)C2)cs1. The van der Waals surface area contributed by atoms with Crippen molar-refractivity contribution < 1.29 is 14.7 Å². The average molecular weight is 344 g/mol. The Balaban J connectivity index is 1.56. The van der Waals surface area contributed by atoms with Crippen LogP contribution >= 0.6 is 11.3 Å². The van der Waals surface area contributed by atoms with E-state index in [-0.39, 0.29) is 11.3 Å². The van der Waals surface area contributed by atoms with Crippen molar-refractivity contribution >= 4 is 23.1 Å². The summed E-state index contributed by atoms with van der Waals surface area (Å²) in [5, 5.41) is 11.1. The standard InChI is InChI=1S/C18H20N2O3S/c1-12(21)17-6-15(11-24-17)10-20-3-2-13(9-20)4-14-5-16(18(22)23)8-19-7-14/h5-8,11,13H,2-4,9-10H2,1H3,(H,22,23). The van der Waals surface area contributed by atoms with Gasteiger partial charge >= 0.3 is 5.97 Å². The number of Topliss-reactive ketones (excluding diaryl/α,β-unsaturated/α-hetero) is 1. The highest BCUT2D eigenvalue weighted by molar-refractivity contribution is 7.12. The molecule has 2 aromatic rings. The Bertz CT molecular complexity index is 756. The number of thiophene rings is 1. The molecule has 24 heavy (non-hydrogen) atoms. The maximum absolute atomic E-state index is 11.4. The van der Waals surface area contributed by atoms with Crippen LogP contribution < -0.4 is 0 Å². The molecule has 1 fully saturated rings. The van der Waals surface area contributed by atoms with Crippen LogP contribution in [-0.2, 0) is 13.0 Å². The number of carboxylic acid groups (broad SMARTS) is 1. The Labute approximate surface area is 145 Å². The van der Waals surface area contributed by atoms with E-state index in [2.05, 4.69) is 15.3 Å². The zero-order valence-corrected chi connectivity index (χ0v) is 14.4. The monoisotopic (exact) mass is 344 g/mol. The first kappa shape index (κ1) is 16.8. The Morgan fingerprint density at radius 3 is 2.88 bits per heavy atom. The summed E-state index contributed by atoms with van der Waals surface area (Å²) in [5.41, 5.74) is 2.42. The summed E-state index contributed by atoms with van der Waals surface area (Å²) in [6, 6.07) is 3.70. The van der Waals surface area contributed by atoms with Gasteiger partial charge in [0.1, 0.15) is 0 Å². The average Bonchev–Trinajstić information content (AvgIpc) is 3.18. The number of hydrogen-bond donors (Lipinski definition) is 1. The molecule has 1 N–H and O–H groups in total. The van der Waals surface area contributed by atoms with Crippen molar-refractivity contribution in [1.82, 2.24) is 9.88 Å². The summed E-state index contributed by atoms with van der Waals surface area (Å²) in [7, 11) is 0. The van der Waals surface area contributed by atoms with Crippen molar-refractivity contribution in [3.8, 4) is 0 Å². The number of ketones is 1. The van der Waals surface area contributed by atoms with Gasteiger partial charge in [-0.15, -0.1) is 11.3 Å². The lowest BCUT2D eigenvalue weighted by Crippen LogP contribution is -2.20. The van der Waals surface area contributed by atoms with E-state index in [1.807, 2.05) is 6.07 Å². The molecule has 6 heteroatoms. The van der Waals surface area contributed by atoms with Crippen LogP contribution in [0.5, 0.6) is 0 Å². The molecule has 3 heterocycles. The van der Waals surface area contributed by atoms with Crippen LogP contribution in [0.3, 0.4) is 0 Å².